The fourth-order valence-corrected chi connectivity index (χ4v) is 3.43. The summed E-state index contributed by atoms with van der Waals surface area (Å²) in [4.78, 5) is 51.7. The molecule has 0 aliphatic heterocycles. The third-order valence-electron chi connectivity index (χ3n) is 5.22. The second-order valence-corrected chi connectivity index (χ2v) is 7.34. The lowest BCUT2D eigenvalue weighted by Gasteiger charge is -2.21. The quantitative estimate of drug-likeness (QED) is 0.348. The molecule has 188 valence electrons. The Bertz CT molecular complexity index is 1010. The Hall–Kier alpha value is -3.96. The summed E-state index contributed by atoms with van der Waals surface area (Å²) in [6, 6.07) is 7.55. The molecular weight excluding hydrogens is 460 g/mol. The van der Waals surface area contributed by atoms with E-state index in [1.54, 1.807) is 13.8 Å². The number of aliphatic hydroxyl groups is 2. The average Bonchev–Trinajstić information content (AvgIpc) is 2.84. The monoisotopic (exact) mass is 488 g/mol. The van der Waals surface area contributed by atoms with E-state index in [4.69, 9.17) is 4.74 Å². The van der Waals surface area contributed by atoms with E-state index in [2.05, 4.69) is 0 Å². The summed E-state index contributed by atoms with van der Waals surface area (Å²) in [5.41, 5.74) is -0.801. The lowest BCUT2D eigenvalue weighted by Crippen LogP contribution is -2.34. The van der Waals surface area contributed by atoms with E-state index in [-0.39, 0.29) is 73.1 Å². The molecule has 2 rings (SSSR count). The summed E-state index contributed by atoms with van der Waals surface area (Å²) in [5, 5.41) is 37.4. The Labute approximate surface area is 201 Å². The zero-order valence-corrected chi connectivity index (χ0v) is 19.4. The number of likely N-dealkylation sites (N-methyl/N-ethyl adjacent to an activating group) is 2. The van der Waals surface area contributed by atoms with E-state index < -0.39 is 23.8 Å². The number of hydrogen-bond acceptors (Lipinski definition) is 7. The molecule has 0 bridgehead atoms. The smallest absolute Gasteiger partial charge is 0.336 e. The number of nitrogens with zero attached hydrogens (tertiary/aromatic N) is 2. The van der Waals surface area contributed by atoms with Crippen molar-refractivity contribution in [2.24, 2.45) is 0 Å². The molecule has 0 atom stereocenters. The number of carbonyl (C=O) groups is 4. The number of hydrogen-bond donors (Lipinski definition) is 4. The molecule has 0 unspecified atom stereocenters. The van der Waals surface area contributed by atoms with Crippen LogP contribution in [0.15, 0.2) is 36.4 Å². The van der Waals surface area contributed by atoms with Crippen LogP contribution >= 0.6 is 0 Å². The molecule has 0 fully saturated rings. The third kappa shape index (κ3) is 6.55. The first-order chi connectivity index (χ1) is 16.7. The normalized spacial score (nSPS) is 10.5. The first kappa shape index (κ1) is 27.3. The molecule has 0 radical (unpaired) electrons. The largest absolute Gasteiger partial charge is 0.478 e. The number of benzene rings is 2. The van der Waals surface area contributed by atoms with Crippen molar-refractivity contribution in [3.05, 3.63) is 58.7 Å². The van der Waals surface area contributed by atoms with Gasteiger partial charge in [-0.2, -0.15) is 0 Å². The molecular formula is C24H28N2O9. The fourth-order valence-electron chi connectivity index (χ4n) is 3.43. The topological polar surface area (TPSA) is 165 Å². The molecule has 35 heavy (non-hydrogen) atoms. The predicted molar refractivity (Wildman–Crippen MR) is 124 cm³/mol. The van der Waals surface area contributed by atoms with E-state index in [1.807, 2.05) is 0 Å². The second-order valence-electron chi connectivity index (χ2n) is 7.34. The van der Waals surface area contributed by atoms with Crippen molar-refractivity contribution >= 4 is 23.8 Å². The van der Waals surface area contributed by atoms with Crippen LogP contribution in [0.5, 0.6) is 11.5 Å². The lowest BCUT2D eigenvalue weighted by atomic mass is 10.0. The van der Waals surface area contributed by atoms with Crippen molar-refractivity contribution in [1.29, 1.82) is 0 Å². The molecule has 11 heteroatoms. The lowest BCUT2D eigenvalue weighted by molar-refractivity contribution is 0.0667. The highest BCUT2D eigenvalue weighted by Crippen LogP contribution is 2.28. The molecule has 0 saturated heterocycles. The van der Waals surface area contributed by atoms with Gasteiger partial charge < -0.3 is 35.0 Å². The van der Waals surface area contributed by atoms with E-state index in [1.165, 1.54) is 46.2 Å². The summed E-state index contributed by atoms with van der Waals surface area (Å²) < 4.78 is 5.75. The molecule has 2 aromatic rings. The molecule has 2 amide bonds. The first-order valence-corrected chi connectivity index (χ1v) is 10.9. The van der Waals surface area contributed by atoms with Gasteiger partial charge in [0.05, 0.1) is 35.5 Å². The number of aromatic carboxylic acids is 2. The highest BCUT2D eigenvalue weighted by Gasteiger charge is 2.24. The fraction of sp³-hybridized carbons (Fsp3) is 0.333. The van der Waals surface area contributed by atoms with Gasteiger partial charge in [0, 0.05) is 26.2 Å². The first-order valence-electron chi connectivity index (χ1n) is 10.9. The number of ether oxygens (including phenoxy) is 1. The van der Waals surface area contributed by atoms with Crippen LogP contribution in [0.4, 0.5) is 0 Å². The Kier molecular flexibility index (Phi) is 9.74. The molecule has 4 N–H and O–H groups in total. The van der Waals surface area contributed by atoms with Crippen LogP contribution in [0.3, 0.4) is 0 Å². The van der Waals surface area contributed by atoms with Crippen LogP contribution in [-0.4, -0.2) is 93.4 Å². The number of carboxylic acids is 2. The molecule has 2 aromatic carbocycles. The van der Waals surface area contributed by atoms with Gasteiger partial charge in [0.2, 0.25) is 0 Å². The zero-order chi connectivity index (χ0) is 26.1. The SMILES string of the molecule is CCN(CCO)C(=O)c1cc(Oc2ccc(C(=O)O)c(C(=O)N(CC)CCO)c2)ccc1C(=O)O. The summed E-state index contributed by atoms with van der Waals surface area (Å²) in [6.45, 7) is 3.31. The Balaban J connectivity index is 2.49. The molecule has 11 nitrogen and oxygen atoms in total. The van der Waals surface area contributed by atoms with Crippen molar-refractivity contribution in [2.75, 3.05) is 39.4 Å². The van der Waals surface area contributed by atoms with Gasteiger partial charge in [-0.25, -0.2) is 9.59 Å². The van der Waals surface area contributed by atoms with E-state index >= 15 is 0 Å². The Morgan fingerprint density at radius 2 is 1.06 bits per heavy atom. The van der Waals surface area contributed by atoms with Crippen molar-refractivity contribution in [1.82, 2.24) is 9.80 Å². The standard InChI is InChI=1S/C24H28N2O9/c1-3-25(9-11-27)21(29)19-13-15(5-7-17(19)23(31)32)35-16-6-8-18(24(33)34)20(14-16)22(30)26(4-2)10-12-28/h5-8,13-14,27-28H,3-4,9-12H2,1-2H3,(H,31,32)(H,33,34). The van der Waals surface area contributed by atoms with Crippen molar-refractivity contribution in [3.8, 4) is 11.5 Å². The number of carboxylic acid groups (broad SMARTS) is 2. The number of rotatable bonds is 12. The van der Waals surface area contributed by atoms with Crippen molar-refractivity contribution in [3.63, 3.8) is 0 Å². The van der Waals surface area contributed by atoms with Gasteiger partial charge in [0.1, 0.15) is 11.5 Å². The third-order valence-corrected chi connectivity index (χ3v) is 5.22. The van der Waals surface area contributed by atoms with Gasteiger partial charge in [0.25, 0.3) is 11.8 Å². The van der Waals surface area contributed by atoms with Crippen LogP contribution < -0.4 is 4.74 Å². The minimum atomic E-state index is -1.32. The predicted octanol–water partition coefficient (Wildman–Crippen LogP) is 1.78. The summed E-state index contributed by atoms with van der Waals surface area (Å²) >= 11 is 0. The van der Waals surface area contributed by atoms with Crippen LogP contribution in [-0.2, 0) is 0 Å². The summed E-state index contributed by atoms with van der Waals surface area (Å²) in [7, 11) is 0. The average molecular weight is 488 g/mol. The summed E-state index contributed by atoms with van der Waals surface area (Å²) in [5.74, 6) is -3.68. The van der Waals surface area contributed by atoms with Gasteiger partial charge in [-0.15, -0.1) is 0 Å². The van der Waals surface area contributed by atoms with Gasteiger partial charge in [0.15, 0.2) is 0 Å². The van der Waals surface area contributed by atoms with Crippen LogP contribution in [0, 0.1) is 0 Å². The number of amides is 2. The van der Waals surface area contributed by atoms with Crippen LogP contribution in [0.1, 0.15) is 55.3 Å². The second kappa shape index (κ2) is 12.5. The molecule has 0 spiro atoms. The van der Waals surface area contributed by atoms with Crippen molar-refractivity contribution in [2.45, 2.75) is 13.8 Å². The maximum atomic E-state index is 12.9. The molecule has 0 saturated carbocycles. The van der Waals surface area contributed by atoms with Crippen molar-refractivity contribution < 1.29 is 44.3 Å². The van der Waals surface area contributed by atoms with Gasteiger partial charge >= 0.3 is 11.9 Å². The highest BCUT2D eigenvalue weighted by molar-refractivity contribution is 6.06. The highest BCUT2D eigenvalue weighted by atomic mass is 16.5. The summed E-state index contributed by atoms with van der Waals surface area (Å²) in [6.07, 6.45) is 0. The van der Waals surface area contributed by atoms with Crippen LogP contribution in [0.25, 0.3) is 0 Å². The minimum Gasteiger partial charge on any atom is -0.478 e. The van der Waals surface area contributed by atoms with E-state index in [0.717, 1.165) is 0 Å². The van der Waals surface area contributed by atoms with Gasteiger partial charge in [-0.05, 0) is 50.2 Å². The molecule has 0 aromatic heterocycles. The van der Waals surface area contributed by atoms with Crippen LogP contribution in [0.2, 0.25) is 0 Å². The Morgan fingerprint density at radius 3 is 1.34 bits per heavy atom. The molecule has 0 heterocycles. The number of aliphatic hydroxyl groups excluding tert-OH is 2. The van der Waals surface area contributed by atoms with Gasteiger partial charge in [-0.1, -0.05) is 0 Å². The molecule has 0 aliphatic rings. The zero-order valence-electron chi connectivity index (χ0n) is 19.4. The Morgan fingerprint density at radius 1 is 0.686 bits per heavy atom. The minimum absolute atomic E-state index is 0.0172. The number of carbonyl (C=O) groups excluding carboxylic acids is 2. The van der Waals surface area contributed by atoms with E-state index in [0.29, 0.717) is 0 Å². The maximum Gasteiger partial charge on any atom is 0.336 e. The van der Waals surface area contributed by atoms with Gasteiger partial charge in [-0.3, -0.25) is 9.59 Å². The molecule has 0 aliphatic carbocycles. The maximum absolute atomic E-state index is 12.9. The van der Waals surface area contributed by atoms with E-state index in [9.17, 15) is 39.6 Å².